The highest BCUT2D eigenvalue weighted by molar-refractivity contribution is 5.79. The number of carboxylic acid groups (broad SMARTS) is 1. The molecule has 0 aromatic carbocycles. The van der Waals surface area contributed by atoms with Crippen molar-refractivity contribution < 1.29 is 14.7 Å². The van der Waals surface area contributed by atoms with Gasteiger partial charge in [-0.05, 0) is 25.7 Å². The number of hydrogen-bond acceptors (Lipinski definition) is 3. The molecular formula is C13H21N3O3. The average Bonchev–Trinajstić information content (AvgIpc) is 2.80. The highest BCUT2D eigenvalue weighted by Gasteiger charge is 2.40. The zero-order valence-corrected chi connectivity index (χ0v) is 11.1. The number of hydrogen-bond donors (Lipinski definition) is 1. The molecule has 6 heteroatoms. The monoisotopic (exact) mass is 267 g/mol. The van der Waals surface area contributed by atoms with Gasteiger partial charge in [-0.15, -0.1) is 0 Å². The molecule has 0 saturated carbocycles. The number of fused-ring (bicyclic) bond motifs is 1. The maximum atomic E-state index is 11.7. The summed E-state index contributed by atoms with van der Waals surface area (Å²) in [4.78, 5) is 28.8. The molecule has 1 unspecified atom stereocenters. The van der Waals surface area contributed by atoms with Crippen LogP contribution >= 0.6 is 0 Å². The number of carbonyl (C=O) groups excluding carboxylic acids is 1. The van der Waals surface area contributed by atoms with Crippen LogP contribution in [0.3, 0.4) is 0 Å². The number of nitrogens with zero attached hydrogens (tertiary/aromatic N) is 3. The van der Waals surface area contributed by atoms with Crippen molar-refractivity contribution in [1.29, 1.82) is 0 Å². The topological polar surface area (TPSA) is 64.1 Å². The Hall–Kier alpha value is -1.30. The minimum Gasteiger partial charge on any atom is -0.465 e. The molecule has 0 spiro atoms. The van der Waals surface area contributed by atoms with Crippen molar-refractivity contribution in [3.05, 3.63) is 0 Å². The van der Waals surface area contributed by atoms with E-state index in [9.17, 15) is 14.7 Å². The second kappa shape index (κ2) is 5.00. The van der Waals surface area contributed by atoms with E-state index < -0.39 is 6.09 Å². The molecule has 3 aliphatic heterocycles. The first-order valence-corrected chi connectivity index (χ1v) is 7.20. The molecule has 106 valence electrons. The lowest BCUT2D eigenvalue weighted by atomic mass is 10.0. The van der Waals surface area contributed by atoms with Crippen LogP contribution in [0.5, 0.6) is 0 Å². The third-order valence-electron chi connectivity index (χ3n) is 4.66. The van der Waals surface area contributed by atoms with E-state index >= 15 is 0 Å². The van der Waals surface area contributed by atoms with Crippen molar-refractivity contribution >= 4 is 12.0 Å². The van der Waals surface area contributed by atoms with Crippen LogP contribution in [0.1, 0.15) is 32.1 Å². The summed E-state index contributed by atoms with van der Waals surface area (Å²) in [5.41, 5.74) is 0. The lowest BCUT2D eigenvalue weighted by molar-refractivity contribution is -0.132. The van der Waals surface area contributed by atoms with E-state index in [1.807, 2.05) is 4.90 Å². The van der Waals surface area contributed by atoms with Crippen LogP contribution < -0.4 is 0 Å². The van der Waals surface area contributed by atoms with Crippen LogP contribution in [0, 0.1) is 0 Å². The fraction of sp³-hybridized carbons (Fsp3) is 0.846. The van der Waals surface area contributed by atoms with Gasteiger partial charge in [-0.2, -0.15) is 0 Å². The van der Waals surface area contributed by atoms with Crippen molar-refractivity contribution in [1.82, 2.24) is 14.7 Å². The molecule has 3 fully saturated rings. The van der Waals surface area contributed by atoms with E-state index in [1.165, 1.54) is 0 Å². The Kier molecular flexibility index (Phi) is 3.35. The van der Waals surface area contributed by atoms with Crippen molar-refractivity contribution in [2.45, 2.75) is 44.3 Å². The van der Waals surface area contributed by atoms with Gasteiger partial charge in [-0.25, -0.2) is 4.79 Å². The Morgan fingerprint density at radius 3 is 2.79 bits per heavy atom. The van der Waals surface area contributed by atoms with E-state index in [2.05, 4.69) is 4.90 Å². The number of piperidine rings is 1. The molecule has 3 heterocycles. The van der Waals surface area contributed by atoms with Crippen LogP contribution in [-0.2, 0) is 4.79 Å². The molecule has 19 heavy (non-hydrogen) atoms. The minimum atomic E-state index is -0.811. The summed E-state index contributed by atoms with van der Waals surface area (Å²) in [5, 5.41) is 9.30. The number of likely N-dealkylation sites (tertiary alicyclic amines) is 1. The largest absolute Gasteiger partial charge is 0.465 e. The number of amides is 2. The molecule has 2 atom stereocenters. The molecule has 2 amide bonds. The highest BCUT2D eigenvalue weighted by atomic mass is 16.4. The van der Waals surface area contributed by atoms with E-state index in [-0.39, 0.29) is 12.1 Å². The predicted octanol–water partition coefficient (Wildman–Crippen LogP) is 0.783. The summed E-state index contributed by atoms with van der Waals surface area (Å²) in [5.74, 6) is 0.267. The summed E-state index contributed by atoms with van der Waals surface area (Å²) < 4.78 is 0. The number of rotatable bonds is 1. The maximum absolute atomic E-state index is 11.7. The lowest BCUT2D eigenvalue weighted by Gasteiger charge is -2.46. The highest BCUT2D eigenvalue weighted by Crippen LogP contribution is 2.27. The summed E-state index contributed by atoms with van der Waals surface area (Å²) in [6.07, 6.45) is 3.77. The van der Waals surface area contributed by atoms with Crippen molar-refractivity contribution in [2.24, 2.45) is 0 Å². The zero-order valence-electron chi connectivity index (χ0n) is 11.1. The molecule has 0 aliphatic carbocycles. The molecule has 3 aliphatic rings. The zero-order chi connectivity index (χ0) is 13.4. The molecule has 0 radical (unpaired) electrons. The van der Waals surface area contributed by atoms with Crippen LogP contribution in [0.2, 0.25) is 0 Å². The van der Waals surface area contributed by atoms with Crippen LogP contribution in [0.25, 0.3) is 0 Å². The second-order valence-corrected chi connectivity index (χ2v) is 5.73. The van der Waals surface area contributed by atoms with Gasteiger partial charge in [0.15, 0.2) is 0 Å². The van der Waals surface area contributed by atoms with Crippen LogP contribution in [-0.4, -0.2) is 70.2 Å². The van der Waals surface area contributed by atoms with Crippen molar-refractivity contribution in [3.8, 4) is 0 Å². The number of carbonyl (C=O) groups is 2. The summed E-state index contributed by atoms with van der Waals surface area (Å²) in [7, 11) is 0. The summed E-state index contributed by atoms with van der Waals surface area (Å²) in [6.45, 7) is 3.04. The Bertz CT molecular complexity index is 387. The molecule has 3 rings (SSSR count). The quantitative estimate of drug-likeness (QED) is 0.762. The Morgan fingerprint density at radius 1 is 1.16 bits per heavy atom. The Balaban J connectivity index is 1.68. The molecule has 3 saturated heterocycles. The van der Waals surface area contributed by atoms with E-state index in [0.717, 1.165) is 45.3 Å². The van der Waals surface area contributed by atoms with Gasteiger partial charge in [0, 0.05) is 38.6 Å². The van der Waals surface area contributed by atoms with Crippen molar-refractivity contribution in [2.75, 3.05) is 26.2 Å². The van der Waals surface area contributed by atoms with Crippen LogP contribution in [0.4, 0.5) is 4.79 Å². The molecule has 1 N–H and O–H groups in total. The molecule has 6 nitrogen and oxygen atoms in total. The van der Waals surface area contributed by atoms with Gasteiger partial charge in [0.2, 0.25) is 5.91 Å². The van der Waals surface area contributed by atoms with E-state index in [0.29, 0.717) is 19.0 Å². The molecule has 0 aromatic heterocycles. The molecular weight excluding hydrogens is 246 g/mol. The Labute approximate surface area is 112 Å². The van der Waals surface area contributed by atoms with Gasteiger partial charge in [-0.1, -0.05) is 0 Å². The summed E-state index contributed by atoms with van der Waals surface area (Å²) in [6, 6.07) is 0.304. The third-order valence-corrected chi connectivity index (χ3v) is 4.66. The first-order chi connectivity index (χ1) is 9.16. The minimum absolute atomic E-state index is 0.0177. The first-order valence-electron chi connectivity index (χ1n) is 7.20. The lowest BCUT2D eigenvalue weighted by Crippen LogP contribution is -2.60. The van der Waals surface area contributed by atoms with Gasteiger partial charge in [-0.3, -0.25) is 14.6 Å². The molecule has 0 bridgehead atoms. The molecule has 0 aromatic rings. The van der Waals surface area contributed by atoms with Gasteiger partial charge >= 0.3 is 6.09 Å². The van der Waals surface area contributed by atoms with Gasteiger partial charge < -0.3 is 10.0 Å². The van der Waals surface area contributed by atoms with E-state index in [1.54, 1.807) is 4.90 Å². The third kappa shape index (κ3) is 2.29. The van der Waals surface area contributed by atoms with Gasteiger partial charge in [0.1, 0.15) is 0 Å². The number of piperazine rings is 1. The maximum Gasteiger partial charge on any atom is 0.408 e. The normalized spacial score (nSPS) is 32.5. The van der Waals surface area contributed by atoms with Crippen LogP contribution in [0.15, 0.2) is 0 Å². The standard InChI is InChI=1S/C13H21N3O3/c17-12-5-4-10-9-14(7-8-15(10)12)11-3-1-2-6-16(11)13(18)19/h10-11H,1-9H2,(H,18,19)/t10-,11?/m0/s1. The fourth-order valence-corrected chi connectivity index (χ4v) is 3.68. The Morgan fingerprint density at radius 2 is 2.00 bits per heavy atom. The van der Waals surface area contributed by atoms with Gasteiger partial charge in [0.25, 0.3) is 0 Å². The fourth-order valence-electron chi connectivity index (χ4n) is 3.68. The average molecular weight is 267 g/mol. The van der Waals surface area contributed by atoms with E-state index in [4.69, 9.17) is 0 Å². The SMILES string of the molecule is O=C(O)N1CCCCC1N1CCN2C(=O)CC[C@H]2C1. The smallest absolute Gasteiger partial charge is 0.408 e. The second-order valence-electron chi connectivity index (χ2n) is 5.73. The summed E-state index contributed by atoms with van der Waals surface area (Å²) >= 11 is 0. The van der Waals surface area contributed by atoms with Gasteiger partial charge in [0.05, 0.1) is 6.17 Å². The predicted molar refractivity (Wildman–Crippen MR) is 68.7 cm³/mol. The van der Waals surface area contributed by atoms with Crippen molar-refractivity contribution in [3.63, 3.8) is 0 Å². The first kappa shape index (κ1) is 12.7.